The maximum Gasteiger partial charge on any atom is 0.315 e. The molecule has 2 amide bonds. The lowest BCUT2D eigenvalue weighted by Gasteiger charge is -2.38. The topological polar surface area (TPSA) is 220 Å². The largest absolute Gasteiger partial charge is 0.507 e. The third-order valence-corrected chi connectivity index (χ3v) is 16.3. The fraction of sp³-hybridized carbons (Fsp3) is 0.630. The van der Waals surface area contributed by atoms with Gasteiger partial charge in [-0.2, -0.15) is 0 Å². The van der Waals surface area contributed by atoms with Crippen LogP contribution in [0.5, 0.6) is 11.5 Å². The number of ketones is 2. The SMILES string of the molecule is C/C1=C/C=C/[C@H](C)[C@H](O)[C@@H](C)[C@@H](O)[C@@H](C)[C@H](OC(=O)CC(=O)N2CCN3CCCC3C2)[C@H](C)[C@@H](C)/C=C/O[C@@]2(C)Oc3c(C)c(O)c4c(c3C2=O)C2=NC3(CCN(CC(C)C)CC3)NC2=C(NC1=O)C4=O. The van der Waals surface area contributed by atoms with E-state index in [0.717, 1.165) is 32.5 Å². The number of amides is 2. The van der Waals surface area contributed by atoms with Crippen LogP contribution in [0.25, 0.3) is 0 Å². The minimum Gasteiger partial charge on any atom is -0.507 e. The number of phenolic OH excluding ortho intramolecular Hbond substituents is 1. The highest BCUT2D eigenvalue weighted by Gasteiger charge is 2.54. The summed E-state index contributed by atoms with van der Waals surface area (Å²) >= 11 is 0. The zero-order valence-corrected chi connectivity index (χ0v) is 43.0. The molecule has 71 heavy (non-hydrogen) atoms. The van der Waals surface area contributed by atoms with Gasteiger partial charge >= 0.3 is 11.8 Å². The maximum absolute atomic E-state index is 14.9. The van der Waals surface area contributed by atoms with Gasteiger partial charge in [0.2, 0.25) is 11.7 Å². The zero-order chi connectivity index (χ0) is 51.4. The summed E-state index contributed by atoms with van der Waals surface area (Å²) in [5.41, 5.74) is -0.196. The molecule has 0 aromatic heterocycles. The van der Waals surface area contributed by atoms with Crippen LogP contribution in [0.2, 0.25) is 0 Å². The smallest absolute Gasteiger partial charge is 0.315 e. The second-order valence-corrected chi connectivity index (χ2v) is 21.9. The number of fused-ring (bicyclic) bond motifs is 14. The third kappa shape index (κ3) is 9.95. The number of piperazine rings is 1. The molecule has 10 atom stereocenters. The van der Waals surface area contributed by atoms with E-state index in [-0.39, 0.29) is 62.6 Å². The first kappa shape index (κ1) is 52.0. The molecule has 5 N–H and O–H groups in total. The number of aliphatic hydroxyl groups is 2. The number of benzene rings is 1. The van der Waals surface area contributed by atoms with E-state index in [0.29, 0.717) is 44.9 Å². The Morgan fingerprint density at radius 3 is 2.32 bits per heavy atom. The van der Waals surface area contributed by atoms with Crippen molar-refractivity contribution >= 4 is 35.1 Å². The predicted molar refractivity (Wildman–Crippen MR) is 265 cm³/mol. The molecular weight excluding hydrogens is 909 g/mol. The predicted octanol–water partition coefficient (Wildman–Crippen LogP) is 4.91. The molecule has 17 nitrogen and oxygen atoms in total. The standard InChI is InChI=1S/C54H74N6O11/c1-28(2)26-58-20-17-54(18-21-58)56-42-39-40-47(65)35(9)50-41(39)51(67)53(10,71-50)69-24-16-29(3)32(6)49(70-38(62)25-37(61)60-23-22-59-19-12-15-36(59)27-60)34(8)46(64)33(7)45(63)30(4)13-11-14-31(5)52(68)55-44(48(40)66)43(42)57-54/h11,13-14,16,24,28-30,32-34,36,45-46,49,57,63-65H,12,15,17-23,25-27H2,1-10H3,(H,55,68)/b13-11+,24-16+,31-14-/t29-,30-,32+,33+,34+,36?,45-,46+,49+,53-/m0/s1. The molecule has 1 aromatic carbocycles. The van der Waals surface area contributed by atoms with Gasteiger partial charge in [0.15, 0.2) is 0 Å². The van der Waals surface area contributed by atoms with Crippen molar-refractivity contribution in [2.45, 2.75) is 137 Å². The molecular formula is C54H74N6O11. The van der Waals surface area contributed by atoms with Crippen molar-refractivity contribution < 1.29 is 53.5 Å². The number of ether oxygens (including phenoxy) is 3. The van der Waals surface area contributed by atoms with Crippen LogP contribution in [0.4, 0.5) is 0 Å². The molecule has 0 saturated carbocycles. The van der Waals surface area contributed by atoms with Crippen LogP contribution >= 0.6 is 0 Å². The molecule has 3 fully saturated rings. The normalized spacial score (nSPS) is 34.1. The Morgan fingerprint density at radius 1 is 0.901 bits per heavy atom. The van der Waals surface area contributed by atoms with E-state index < -0.39 is 95.0 Å². The van der Waals surface area contributed by atoms with E-state index in [2.05, 4.69) is 34.3 Å². The Labute approximate surface area is 417 Å². The fourth-order valence-corrected chi connectivity index (χ4v) is 11.6. The maximum atomic E-state index is 14.9. The Hall–Kier alpha value is -5.36. The lowest BCUT2D eigenvalue weighted by atomic mass is 9.77. The highest BCUT2D eigenvalue weighted by atomic mass is 16.7. The lowest BCUT2D eigenvalue weighted by Crippen LogP contribution is -2.52. The average molecular weight is 983 g/mol. The number of Topliss-reactive ketones (excluding diaryl/α,β-unsaturated/α-hetero) is 2. The molecule has 8 aliphatic rings. The molecule has 1 aromatic rings. The number of piperidine rings is 1. The van der Waals surface area contributed by atoms with E-state index in [1.807, 2.05) is 13.8 Å². The number of carbonyl (C=O) groups is 5. The van der Waals surface area contributed by atoms with Crippen molar-refractivity contribution in [2.24, 2.45) is 40.5 Å². The Bertz CT molecular complexity index is 2490. The fourth-order valence-electron chi connectivity index (χ4n) is 11.6. The summed E-state index contributed by atoms with van der Waals surface area (Å²) in [4.78, 5) is 82.8. The number of carbonyl (C=O) groups excluding carboxylic acids is 5. The first-order valence-electron chi connectivity index (χ1n) is 25.7. The molecule has 7 heterocycles. The molecule has 1 spiro atoms. The molecule has 3 saturated heterocycles. The molecule has 386 valence electrons. The number of allylic oxidation sites excluding steroid dienone is 5. The summed E-state index contributed by atoms with van der Waals surface area (Å²) in [5.74, 6) is -7.72. The first-order chi connectivity index (χ1) is 33.5. The van der Waals surface area contributed by atoms with Crippen LogP contribution in [0.3, 0.4) is 0 Å². The van der Waals surface area contributed by atoms with E-state index in [9.17, 15) is 39.3 Å². The molecule has 7 aliphatic heterocycles. The van der Waals surface area contributed by atoms with Gasteiger partial charge in [-0.25, -0.2) is 0 Å². The minimum absolute atomic E-state index is 0.0224. The van der Waals surface area contributed by atoms with Crippen molar-refractivity contribution in [1.82, 2.24) is 25.3 Å². The van der Waals surface area contributed by atoms with Gasteiger partial charge in [-0.3, -0.25) is 33.9 Å². The number of aromatic hydroxyl groups is 1. The van der Waals surface area contributed by atoms with Gasteiger partial charge in [0.25, 0.3) is 11.7 Å². The molecule has 0 radical (unpaired) electrons. The second-order valence-electron chi connectivity index (χ2n) is 21.9. The van der Waals surface area contributed by atoms with E-state index >= 15 is 0 Å². The number of likely N-dealkylation sites (tertiary alicyclic amines) is 1. The number of aliphatic hydroxyl groups excluding tert-OH is 2. The summed E-state index contributed by atoms with van der Waals surface area (Å²) < 4.78 is 18.8. The number of esters is 1. The molecule has 17 heteroatoms. The van der Waals surface area contributed by atoms with Crippen LogP contribution in [-0.2, 0) is 23.9 Å². The Kier molecular flexibility index (Phi) is 14.8. The van der Waals surface area contributed by atoms with Gasteiger partial charge in [0, 0.05) is 99.5 Å². The summed E-state index contributed by atoms with van der Waals surface area (Å²) in [5, 5.41) is 41.8. The van der Waals surface area contributed by atoms with Crippen molar-refractivity contribution in [2.75, 3.05) is 45.8 Å². The lowest BCUT2D eigenvalue weighted by molar-refractivity contribution is -0.164. The number of hydrogen-bond donors (Lipinski definition) is 5. The average Bonchev–Trinajstić information content (AvgIpc) is 4.03. The van der Waals surface area contributed by atoms with Crippen LogP contribution in [0, 0.1) is 42.4 Å². The van der Waals surface area contributed by atoms with E-state index in [1.165, 1.54) is 13.2 Å². The van der Waals surface area contributed by atoms with Gasteiger partial charge in [0.1, 0.15) is 35.4 Å². The Morgan fingerprint density at radius 2 is 1.62 bits per heavy atom. The number of aliphatic imine (C=N–C) groups is 1. The van der Waals surface area contributed by atoms with Crippen LogP contribution in [0.15, 0.2) is 52.5 Å². The minimum atomic E-state index is -1.97. The summed E-state index contributed by atoms with van der Waals surface area (Å²) in [7, 11) is 0. The van der Waals surface area contributed by atoms with Gasteiger partial charge in [-0.1, -0.05) is 66.7 Å². The highest BCUT2D eigenvalue weighted by molar-refractivity contribution is 6.34. The van der Waals surface area contributed by atoms with Crippen LogP contribution in [-0.4, -0.2) is 147 Å². The number of phenols is 1. The van der Waals surface area contributed by atoms with E-state index in [4.69, 9.17) is 19.2 Å². The van der Waals surface area contributed by atoms with Crippen molar-refractivity contribution in [3.8, 4) is 11.5 Å². The number of rotatable bonds is 5. The van der Waals surface area contributed by atoms with Gasteiger partial charge in [-0.15, -0.1) is 0 Å². The second kappa shape index (κ2) is 20.3. The zero-order valence-electron chi connectivity index (χ0n) is 43.0. The Balaban J connectivity index is 1.14. The van der Waals surface area contributed by atoms with Crippen LogP contribution < -0.4 is 15.4 Å². The van der Waals surface area contributed by atoms with E-state index in [1.54, 1.807) is 63.8 Å². The summed E-state index contributed by atoms with van der Waals surface area (Å²) in [6, 6.07) is 0.284. The molecule has 1 aliphatic carbocycles. The van der Waals surface area contributed by atoms with Crippen LogP contribution in [0.1, 0.15) is 126 Å². The highest BCUT2D eigenvalue weighted by Crippen LogP contribution is 2.50. The number of hydrogen-bond acceptors (Lipinski definition) is 15. The monoisotopic (exact) mass is 983 g/mol. The number of nitrogens with zero attached hydrogens (tertiary/aromatic N) is 4. The summed E-state index contributed by atoms with van der Waals surface area (Å²) in [6.45, 7) is 23.1. The first-order valence-corrected chi connectivity index (χ1v) is 25.7. The molecule has 9 rings (SSSR count). The summed E-state index contributed by atoms with van der Waals surface area (Å²) in [6.07, 6.45) is 7.53. The van der Waals surface area contributed by atoms with Crippen molar-refractivity contribution in [1.29, 1.82) is 0 Å². The van der Waals surface area contributed by atoms with Gasteiger partial charge in [-0.05, 0) is 57.1 Å². The number of nitrogens with one attached hydrogen (secondary N) is 2. The van der Waals surface area contributed by atoms with Crippen molar-refractivity contribution in [3.05, 3.63) is 69.8 Å². The molecule has 5 bridgehead atoms. The van der Waals surface area contributed by atoms with Gasteiger partial charge in [0.05, 0.1) is 41.0 Å². The van der Waals surface area contributed by atoms with Crippen molar-refractivity contribution in [3.63, 3.8) is 0 Å². The third-order valence-electron chi connectivity index (χ3n) is 16.3. The quantitative estimate of drug-likeness (QED) is 0.196. The van der Waals surface area contributed by atoms with Gasteiger partial charge < -0.3 is 50.0 Å². The molecule has 1 unspecified atom stereocenters.